The summed E-state index contributed by atoms with van der Waals surface area (Å²) in [5.41, 5.74) is 6.74. The predicted molar refractivity (Wildman–Crippen MR) is 302 cm³/mol. The van der Waals surface area contributed by atoms with E-state index in [1.807, 2.05) is 79.7 Å². The van der Waals surface area contributed by atoms with E-state index >= 15 is 0 Å². The van der Waals surface area contributed by atoms with E-state index in [-0.39, 0.29) is 47.2 Å². The third-order valence-corrected chi connectivity index (χ3v) is 17.7. The normalized spacial score (nSPS) is 20.9. The Morgan fingerprint density at radius 1 is 0.823 bits per heavy atom. The maximum absolute atomic E-state index is 13.8. The van der Waals surface area contributed by atoms with Gasteiger partial charge in [-0.25, -0.2) is 4.79 Å². The van der Waals surface area contributed by atoms with Crippen molar-refractivity contribution in [2.45, 2.75) is 107 Å². The van der Waals surface area contributed by atoms with Gasteiger partial charge in [0.15, 0.2) is 17.6 Å². The van der Waals surface area contributed by atoms with Crippen LogP contribution in [-0.4, -0.2) is 114 Å². The number of para-hydroxylation sites is 1. The number of phenolic OH excluding ortho intramolecular Hbond substituents is 1. The Kier molecular flexibility index (Phi) is 13.7. The number of rotatable bonds is 20. The minimum Gasteiger partial charge on any atom is -0.504 e. The number of nitrogens with zero attached hydrogens (tertiary/aromatic N) is 4. The van der Waals surface area contributed by atoms with Crippen molar-refractivity contribution in [3.63, 3.8) is 0 Å². The molecule has 4 aromatic carbocycles. The molecule has 2 fully saturated rings. The third kappa shape index (κ3) is 9.15. The zero-order chi connectivity index (χ0) is 54.7. The SMILES string of the molecule is CN=c1ccc2c(-c3ccc(C(=O)NCCCCCNC(=O)CCCCCNC(=O)Cn4c5c(c6ccccc64)C[C@@]4(O)C6Cc7ccc(O)c8c7C4(CCN6CC4CC4)C5O8)cc3C(=O)O)c3ccc(N(C)C)cc3oc-2c1. The standard InChI is InChI=1S/C63H69N7O9/c1-64-40-19-22-44-50(32-40)78-51-33-41(68(2)3)20-23-45(51)55(44)43-21-17-39(30-46(43)61(75)76)60(74)67-28-11-5-10-26-65-53(72)14-6-4-9-27-66-54(73)36-70-48-13-8-7-12-42(48)47-34-63(77)52-31-38-18-24-49(71)58-56(38)62(63,59(79-58)57(47)70)25-29-69(52)35-37-15-16-37/h7-8,12-13,17-24,30,32-33,37,52,59,71,77H,4-6,9-11,14-16,25-29,31,34-36H2,1-3H3,(H,65,72)(H,66,73)(H,67,74)(H,75,76)/t52?,59?,62?,63-/m1/s1. The smallest absolute Gasteiger partial charge is 0.336 e. The zero-order valence-electron chi connectivity index (χ0n) is 45.2. The van der Waals surface area contributed by atoms with Crippen LogP contribution in [0.15, 0.2) is 100 Å². The van der Waals surface area contributed by atoms with Crippen molar-refractivity contribution in [3.8, 4) is 33.9 Å². The highest BCUT2D eigenvalue weighted by Crippen LogP contribution is 2.69. The van der Waals surface area contributed by atoms with Gasteiger partial charge in [0, 0.05) is 123 Å². The van der Waals surface area contributed by atoms with E-state index in [9.17, 15) is 34.5 Å². The molecule has 410 valence electrons. The van der Waals surface area contributed by atoms with E-state index in [1.54, 1.807) is 25.2 Å². The number of carbonyl (C=O) groups excluding carboxylic acids is 3. The van der Waals surface area contributed by atoms with Crippen LogP contribution in [0.25, 0.3) is 44.3 Å². The number of unbranched alkanes of at least 4 members (excludes halogenated alkanes) is 4. The second-order valence-corrected chi connectivity index (χ2v) is 22.7. The number of carboxylic acids is 1. The van der Waals surface area contributed by atoms with Gasteiger partial charge >= 0.3 is 5.97 Å². The van der Waals surface area contributed by atoms with E-state index in [4.69, 9.17) is 9.15 Å². The number of aromatic nitrogens is 1. The van der Waals surface area contributed by atoms with Gasteiger partial charge in [0.2, 0.25) is 11.8 Å². The lowest BCUT2D eigenvalue weighted by Crippen LogP contribution is -2.74. The van der Waals surface area contributed by atoms with Crippen LogP contribution in [0, 0.1) is 5.92 Å². The second-order valence-electron chi connectivity index (χ2n) is 22.7. The number of hydrogen-bond donors (Lipinski definition) is 6. The van der Waals surface area contributed by atoms with Crippen LogP contribution < -0.4 is 30.9 Å². The van der Waals surface area contributed by atoms with Crippen LogP contribution in [0.3, 0.4) is 0 Å². The summed E-state index contributed by atoms with van der Waals surface area (Å²) in [5, 5.41) is 46.6. The highest BCUT2D eigenvalue weighted by molar-refractivity contribution is 6.09. The number of carbonyl (C=O) groups is 4. The molecule has 1 aromatic heterocycles. The van der Waals surface area contributed by atoms with Gasteiger partial charge in [-0.05, 0) is 135 Å². The number of fused-ring (bicyclic) bond motifs is 6. The summed E-state index contributed by atoms with van der Waals surface area (Å²) < 4.78 is 15.3. The fourth-order valence-corrected chi connectivity index (χ4v) is 13.7. The molecule has 3 aliphatic heterocycles. The van der Waals surface area contributed by atoms with E-state index in [0.29, 0.717) is 92.3 Å². The summed E-state index contributed by atoms with van der Waals surface area (Å²) in [4.78, 5) is 61.5. The lowest BCUT2D eigenvalue weighted by molar-refractivity contribution is -0.173. The molecular weight excluding hydrogens is 999 g/mol. The quantitative estimate of drug-likeness (QED) is 0.0316. The molecule has 2 bridgehead atoms. The lowest BCUT2D eigenvalue weighted by Gasteiger charge is -2.63. The number of amides is 3. The van der Waals surface area contributed by atoms with Crippen molar-refractivity contribution in [3.05, 3.63) is 130 Å². The lowest BCUT2D eigenvalue weighted by atomic mass is 9.49. The number of benzene rings is 5. The van der Waals surface area contributed by atoms with Crippen molar-refractivity contribution < 1.29 is 43.7 Å². The summed E-state index contributed by atoms with van der Waals surface area (Å²) in [7, 11) is 5.58. The first-order valence-corrected chi connectivity index (χ1v) is 28.2. The van der Waals surface area contributed by atoms with E-state index in [2.05, 4.69) is 36.5 Å². The monoisotopic (exact) mass is 1070 g/mol. The fraction of sp³-hybridized carbons (Fsp3) is 0.413. The number of anilines is 1. The molecule has 12 rings (SSSR count). The topological polar surface area (TPSA) is 211 Å². The number of aliphatic hydroxyl groups is 1. The molecular formula is C63H69N7O9. The van der Waals surface area contributed by atoms with Gasteiger partial charge in [-0.3, -0.25) is 24.3 Å². The molecule has 79 heavy (non-hydrogen) atoms. The predicted octanol–water partition coefficient (Wildman–Crippen LogP) is 8.25. The summed E-state index contributed by atoms with van der Waals surface area (Å²) in [5.74, 6) is 0.149. The van der Waals surface area contributed by atoms with Gasteiger partial charge in [-0.2, -0.15) is 0 Å². The molecule has 3 amide bonds. The van der Waals surface area contributed by atoms with E-state index in [0.717, 1.165) is 94.1 Å². The molecule has 4 atom stereocenters. The number of nitrogens with one attached hydrogen (secondary N) is 3. The molecule has 3 unspecified atom stereocenters. The number of phenols is 1. The maximum atomic E-state index is 13.8. The first-order valence-electron chi connectivity index (χ1n) is 28.2. The summed E-state index contributed by atoms with van der Waals surface area (Å²) in [6, 6.07) is 28.0. The highest BCUT2D eigenvalue weighted by Gasteiger charge is 2.73. The van der Waals surface area contributed by atoms with Crippen LogP contribution in [0.4, 0.5) is 5.69 Å². The number of likely N-dealkylation sites (tertiary alicyclic amines) is 1. The average Bonchev–Trinajstić information content (AvgIpc) is 4.34. The fourth-order valence-electron chi connectivity index (χ4n) is 13.7. The Balaban J connectivity index is 0.598. The Bertz CT molecular complexity index is 3620. The number of ether oxygens (including phenoxy) is 1. The van der Waals surface area contributed by atoms with Crippen LogP contribution in [0.5, 0.6) is 11.5 Å². The molecule has 1 saturated carbocycles. The van der Waals surface area contributed by atoms with Crippen molar-refractivity contribution >= 4 is 51.3 Å². The number of piperidine rings is 1. The molecule has 16 heteroatoms. The van der Waals surface area contributed by atoms with Crippen LogP contribution in [0.2, 0.25) is 0 Å². The van der Waals surface area contributed by atoms with Crippen molar-refractivity contribution in [2.75, 3.05) is 58.8 Å². The van der Waals surface area contributed by atoms with Crippen molar-refractivity contribution in [2.24, 2.45) is 10.9 Å². The molecule has 1 saturated heterocycles. The van der Waals surface area contributed by atoms with Gasteiger partial charge in [-0.15, -0.1) is 0 Å². The molecule has 6 N–H and O–H groups in total. The maximum Gasteiger partial charge on any atom is 0.336 e. The van der Waals surface area contributed by atoms with Gasteiger partial charge in [0.1, 0.15) is 17.9 Å². The van der Waals surface area contributed by atoms with Gasteiger partial charge in [0.25, 0.3) is 5.91 Å². The zero-order valence-corrected chi connectivity index (χ0v) is 45.2. The summed E-state index contributed by atoms with van der Waals surface area (Å²) >= 11 is 0. The van der Waals surface area contributed by atoms with Crippen LogP contribution in [0.1, 0.15) is 113 Å². The molecule has 7 aliphatic rings. The minimum absolute atomic E-state index is 0.000474. The largest absolute Gasteiger partial charge is 0.504 e. The number of aromatic hydroxyl groups is 1. The first-order chi connectivity index (χ1) is 38.3. The first kappa shape index (κ1) is 52.0. The third-order valence-electron chi connectivity index (χ3n) is 17.7. The number of aromatic carboxylic acids is 1. The molecule has 1 spiro atoms. The van der Waals surface area contributed by atoms with Gasteiger partial charge in [0.05, 0.1) is 27.6 Å². The number of carboxylic acid groups (broad SMARTS) is 1. The van der Waals surface area contributed by atoms with Gasteiger partial charge in [-0.1, -0.05) is 36.8 Å². The average molecular weight is 1070 g/mol. The molecule has 16 nitrogen and oxygen atoms in total. The summed E-state index contributed by atoms with van der Waals surface area (Å²) in [6.45, 7) is 3.32. The van der Waals surface area contributed by atoms with Crippen molar-refractivity contribution in [1.82, 2.24) is 25.4 Å². The molecule has 5 aromatic rings. The minimum atomic E-state index is -1.15. The second kappa shape index (κ2) is 20.8. The number of hydrogen-bond acceptors (Lipinski definition) is 11. The highest BCUT2D eigenvalue weighted by atomic mass is 16.5. The van der Waals surface area contributed by atoms with E-state index < -0.39 is 23.1 Å². The van der Waals surface area contributed by atoms with E-state index in [1.165, 1.54) is 18.9 Å². The summed E-state index contributed by atoms with van der Waals surface area (Å²) in [6.07, 6.45) is 8.55. The molecule has 0 radical (unpaired) electrons. The van der Waals surface area contributed by atoms with Crippen LogP contribution in [-0.2, 0) is 34.4 Å². The van der Waals surface area contributed by atoms with Crippen LogP contribution >= 0.6 is 0 Å². The van der Waals surface area contributed by atoms with Gasteiger partial charge < -0.3 is 49.9 Å². The molecule has 4 aliphatic carbocycles. The Hall–Kier alpha value is -7.69. The Morgan fingerprint density at radius 2 is 1.58 bits per heavy atom. The Morgan fingerprint density at radius 3 is 2.35 bits per heavy atom. The van der Waals surface area contributed by atoms with Crippen molar-refractivity contribution in [1.29, 1.82) is 0 Å². The molecule has 4 heterocycles. The Labute approximate surface area is 458 Å².